The van der Waals surface area contributed by atoms with E-state index in [0.717, 1.165) is 6.42 Å². The number of phenols is 1. The largest absolute Gasteiger partial charge is 0.508 e. The number of hydrogen-bond donors (Lipinski definition) is 2. The molecular formula is C10H12KO3. The Balaban J connectivity index is 0.00000169. The summed E-state index contributed by atoms with van der Waals surface area (Å²) >= 11 is 0. The Kier molecular flexibility index (Phi) is 6.64. The number of carboxylic acids is 1. The molecule has 2 N–H and O–H groups in total. The molecule has 0 aliphatic carbocycles. The summed E-state index contributed by atoms with van der Waals surface area (Å²) in [4.78, 5) is 10.7. The summed E-state index contributed by atoms with van der Waals surface area (Å²) in [5, 5.41) is 18.0. The van der Waals surface area contributed by atoms with Gasteiger partial charge in [-0.1, -0.05) is 13.3 Å². The first-order valence-electron chi connectivity index (χ1n) is 4.20. The Bertz CT molecular complexity index is 323. The molecule has 0 amide bonds. The molecule has 0 saturated heterocycles. The van der Waals surface area contributed by atoms with E-state index in [4.69, 9.17) is 10.2 Å². The van der Waals surface area contributed by atoms with E-state index in [-0.39, 0.29) is 62.7 Å². The Hall–Kier alpha value is 0.126. The molecule has 0 aliphatic heterocycles. The van der Waals surface area contributed by atoms with Crippen molar-refractivity contribution in [2.75, 3.05) is 0 Å². The molecule has 4 heteroatoms. The van der Waals surface area contributed by atoms with Crippen LogP contribution in [0.2, 0.25) is 0 Å². The van der Waals surface area contributed by atoms with Gasteiger partial charge in [0.2, 0.25) is 0 Å². The third-order valence-electron chi connectivity index (χ3n) is 1.84. The zero-order valence-electron chi connectivity index (χ0n) is 8.45. The third kappa shape index (κ3) is 3.71. The fraction of sp³-hybridized carbons (Fsp3) is 0.300. The molecule has 0 fully saturated rings. The van der Waals surface area contributed by atoms with Crippen molar-refractivity contribution in [3.63, 3.8) is 0 Å². The van der Waals surface area contributed by atoms with Gasteiger partial charge in [0.25, 0.3) is 0 Å². The molecule has 0 aliphatic rings. The fourth-order valence-electron chi connectivity index (χ4n) is 1.26. The summed E-state index contributed by atoms with van der Waals surface area (Å²) in [5.41, 5.74) is 0.967. The van der Waals surface area contributed by atoms with E-state index in [2.05, 4.69) is 0 Å². The van der Waals surface area contributed by atoms with Gasteiger partial charge in [-0.25, -0.2) is 4.79 Å². The van der Waals surface area contributed by atoms with Crippen LogP contribution in [-0.4, -0.2) is 67.6 Å². The molecule has 71 valence electrons. The number of rotatable bonds is 3. The minimum atomic E-state index is -0.941. The van der Waals surface area contributed by atoms with E-state index >= 15 is 0 Å². The molecule has 0 aromatic heterocycles. The molecular weight excluding hydrogens is 207 g/mol. The Morgan fingerprint density at radius 2 is 2.07 bits per heavy atom. The first-order chi connectivity index (χ1) is 6.15. The second-order valence-corrected chi connectivity index (χ2v) is 2.90. The van der Waals surface area contributed by atoms with Crippen molar-refractivity contribution in [2.45, 2.75) is 19.8 Å². The minimum Gasteiger partial charge on any atom is -0.508 e. The van der Waals surface area contributed by atoms with Gasteiger partial charge in [-0.05, 0) is 30.2 Å². The second kappa shape index (κ2) is 6.58. The van der Waals surface area contributed by atoms with Crippen LogP contribution in [0.3, 0.4) is 0 Å². The van der Waals surface area contributed by atoms with Crippen LogP contribution in [0.15, 0.2) is 18.2 Å². The van der Waals surface area contributed by atoms with Gasteiger partial charge >= 0.3 is 5.97 Å². The van der Waals surface area contributed by atoms with Crippen LogP contribution >= 0.6 is 0 Å². The standard InChI is InChI=1S/C10H12O3.K/c1-2-3-7-6-8(11)4-5-9(7)10(12)13;/h4-6,11H,2-3H2,1H3,(H,12,13);. The van der Waals surface area contributed by atoms with Crippen LogP contribution in [0.4, 0.5) is 0 Å². The van der Waals surface area contributed by atoms with Gasteiger partial charge in [0, 0.05) is 51.4 Å². The third-order valence-corrected chi connectivity index (χ3v) is 1.84. The summed E-state index contributed by atoms with van der Waals surface area (Å²) in [7, 11) is 0. The monoisotopic (exact) mass is 219 g/mol. The van der Waals surface area contributed by atoms with Crippen molar-refractivity contribution >= 4 is 57.4 Å². The van der Waals surface area contributed by atoms with E-state index in [0.29, 0.717) is 12.0 Å². The predicted octanol–water partition coefficient (Wildman–Crippen LogP) is 1.66. The maximum atomic E-state index is 10.7. The summed E-state index contributed by atoms with van der Waals surface area (Å²) < 4.78 is 0. The molecule has 0 heterocycles. The summed E-state index contributed by atoms with van der Waals surface area (Å²) in [6.45, 7) is 1.97. The van der Waals surface area contributed by atoms with E-state index < -0.39 is 5.97 Å². The molecule has 1 aromatic rings. The van der Waals surface area contributed by atoms with Crippen molar-refractivity contribution in [2.24, 2.45) is 0 Å². The molecule has 1 aromatic carbocycles. The van der Waals surface area contributed by atoms with Crippen LogP contribution in [0.5, 0.6) is 5.75 Å². The summed E-state index contributed by atoms with van der Waals surface area (Å²) in [6.07, 6.45) is 1.54. The number of benzene rings is 1. The molecule has 0 saturated carbocycles. The number of aromatic carboxylic acids is 1. The molecule has 0 spiro atoms. The van der Waals surface area contributed by atoms with Crippen LogP contribution in [0.1, 0.15) is 29.3 Å². The van der Waals surface area contributed by atoms with Gasteiger partial charge in [0.05, 0.1) is 5.56 Å². The van der Waals surface area contributed by atoms with Gasteiger partial charge in [0.15, 0.2) is 0 Å². The van der Waals surface area contributed by atoms with Crippen molar-refractivity contribution in [1.82, 2.24) is 0 Å². The first-order valence-corrected chi connectivity index (χ1v) is 4.20. The second-order valence-electron chi connectivity index (χ2n) is 2.90. The molecule has 0 unspecified atom stereocenters. The maximum absolute atomic E-state index is 10.7. The van der Waals surface area contributed by atoms with Crippen LogP contribution < -0.4 is 0 Å². The number of aromatic hydroxyl groups is 1. The molecule has 0 atom stereocenters. The van der Waals surface area contributed by atoms with Crippen molar-refractivity contribution in [3.8, 4) is 5.75 Å². The van der Waals surface area contributed by atoms with Gasteiger partial charge in [0.1, 0.15) is 5.75 Å². The molecule has 0 bridgehead atoms. The zero-order valence-corrected chi connectivity index (χ0v) is 11.6. The Morgan fingerprint density at radius 3 is 2.57 bits per heavy atom. The van der Waals surface area contributed by atoms with Gasteiger partial charge < -0.3 is 10.2 Å². The molecule has 1 radical (unpaired) electrons. The van der Waals surface area contributed by atoms with Crippen LogP contribution in [-0.2, 0) is 6.42 Å². The van der Waals surface area contributed by atoms with E-state index in [9.17, 15) is 4.79 Å². The number of carbonyl (C=O) groups is 1. The molecule has 1 rings (SSSR count). The van der Waals surface area contributed by atoms with Gasteiger partial charge in [-0.15, -0.1) is 0 Å². The van der Waals surface area contributed by atoms with Crippen molar-refractivity contribution in [1.29, 1.82) is 0 Å². The van der Waals surface area contributed by atoms with Gasteiger partial charge in [-0.3, -0.25) is 0 Å². The van der Waals surface area contributed by atoms with Crippen molar-refractivity contribution < 1.29 is 15.0 Å². The van der Waals surface area contributed by atoms with Crippen molar-refractivity contribution in [3.05, 3.63) is 29.3 Å². The Morgan fingerprint density at radius 1 is 1.43 bits per heavy atom. The quantitative estimate of drug-likeness (QED) is 0.760. The zero-order chi connectivity index (χ0) is 9.84. The SMILES string of the molecule is CCCc1cc(O)ccc1C(=O)O.[K]. The van der Waals surface area contributed by atoms with Crippen LogP contribution in [0, 0.1) is 0 Å². The van der Waals surface area contributed by atoms with E-state index in [1.807, 2.05) is 6.92 Å². The normalized spacial score (nSPS) is 9.21. The predicted molar refractivity (Wildman–Crippen MR) is 54.8 cm³/mol. The summed E-state index contributed by atoms with van der Waals surface area (Å²) in [6, 6.07) is 4.33. The smallest absolute Gasteiger partial charge is 0.335 e. The average molecular weight is 219 g/mol. The number of carboxylic acid groups (broad SMARTS) is 1. The topological polar surface area (TPSA) is 57.5 Å². The maximum Gasteiger partial charge on any atom is 0.335 e. The number of aryl methyl sites for hydroxylation is 1. The van der Waals surface area contributed by atoms with E-state index in [1.54, 1.807) is 0 Å². The van der Waals surface area contributed by atoms with Gasteiger partial charge in [-0.2, -0.15) is 0 Å². The molecule has 14 heavy (non-hydrogen) atoms. The van der Waals surface area contributed by atoms with E-state index in [1.165, 1.54) is 18.2 Å². The minimum absolute atomic E-state index is 0. The average Bonchev–Trinajstić information content (AvgIpc) is 2.04. The number of phenolic OH excluding ortho intramolecular Hbond substituents is 1. The number of hydrogen-bond acceptors (Lipinski definition) is 2. The summed E-state index contributed by atoms with van der Waals surface area (Å²) in [5.74, 6) is -0.822. The molecule has 3 nitrogen and oxygen atoms in total. The van der Waals surface area contributed by atoms with Crippen LogP contribution in [0.25, 0.3) is 0 Å². The Labute approximate surface area is 126 Å². The fourth-order valence-corrected chi connectivity index (χ4v) is 1.26. The first kappa shape index (κ1) is 14.1.